The van der Waals surface area contributed by atoms with Crippen LogP contribution in [0.5, 0.6) is 0 Å². The molecule has 0 spiro atoms. The predicted octanol–water partition coefficient (Wildman–Crippen LogP) is 1.79. The Morgan fingerprint density at radius 1 is 1.55 bits per heavy atom. The highest BCUT2D eigenvalue weighted by Gasteiger charge is 2.27. The van der Waals surface area contributed by atoms with Gasteiger partial charge >= 0.3 is 0 Å². The Morgan fingerprint density at radius 2 is 2.25 bits per heavy atom. The maximum Gasteiger partial charge on any atom is 0.246 e. The van der Waals surface area contributed by atoms with E-state index in [1.54, 1.807) is 6.07 Å². The van der Waals surface area contributed by atoms with Gasteiger partial charge in [0.15, 0.2) is 5.96 Å². The summed E-state index contributed by atoms with van der Waals surface area (Å²) < 4.78 is 12.9. The van der Waals surface area contributed by atoms with E-state index in [0.717, 1.165) is 12.8 Å². The van der Waals surface area contributed by atoms with E-state index in [-0.39, 0.29) is 36.4 Å². The summed E-state index contributed by atoms with van der Waals surface area (Å²) in [4.78, 5) is 17.5. The van der Waals surface area contributed by atoms with Gasteiger partial charge in [0.1, 0.15) is 12.4 Å². The topological polar surface area (TPSA) is 70.7 Å². The molecular weight excluding hydrogens is 374 g/mol. The van der Waals surface area contributed by atoms with Crippen LogP contribution >= 0.6 is 24.0 Å². The fourth-order valence-corrected chi connectivity index (χ4v) is 1.68. The number of guanidine groups is 1. The minimum atomic E-state index is -0.394. The van der Waals surface area contributed by atoms with Crippen molar-refractivity contribution in [2.24, 2.45) is 10.7 Å². The van der Waals surface area contributed by atoms with Crippen LogP contribution in [0, 0.1) is 5.82 Å². The first kappa shape index (κ1) is 16.7. The molecule has 0 aliphatic heterocycles. The highest BCUT2D eigenvalue weighted by atomic mass is 127. The third-order valence-electron chi connectivity index (χ3n) is 2.95. The van der Waals surface area contributed by atoms with Gasteiger partial charge in [0.05, 0.1) is 0 Å². The van der Waals surface area contributed by atoms with Gasteiger partial charge in [0.25, 0.3) is 0 Å². The molecule has 2 rings (SSSR count). The summed E-state index contributed by atoms with van der Waals surface area (Å²) in [5.41, 5.74) is 6.17. The molecule has 0 unspecified atom stereocenters. The van der Waals surface area contributed by atoms with Gasteiger partial charge in [-0.15, -0.1) is 24.0 Å². The van der Waals surface area contributed by atoms with Crippen LogP contribution in [0.4, 0.5) is 10.1 Å². The van der Waals surface area contributed by atoms with E-state index in [1.165, 1.54) is 18.2 Å². The van der Waals surface area contributed by atoms with Crippen LogP contribution < -0.4 is 11.1 Å². The summed E-state index contributed by atoms with van der Waals surface area (Å²) >= 11 is 0. The monoisotopic (exact) mass is 392 g/mol. The largest absolute Gasteiger partial charge is 0.370 e. The molecule has 0 heterocycles. The molecule has 7 heteroatoms. The molecule has 1 aliphatic rings. The van der Waals surface area contributed by atoms with E-state index in [4.69, 9.17) is 5.73 Å². The van der Waals surface area contributed by atoms with Crippen molar-refractivity contribution in [2.45, 2.75) is 18.9 Å². The highest BCUT2D eigenvalue weighted by molar-refractivity contribution is 14.0. The van der Waals surface area contributed by atoms with E-state index >= 15 is 0 Å². The summed E-state index contributed by atoms with van der Waals surface area (Å²) in [6.45, 7) is -0.0700. The minimum Gasteiger partial charge on any atom is -0.370 e. The second-order valence-electron chi connectivity index (χ2n) is 4.58. The normalized spacial score (nSPS) is 14.4. The summed E-state index contributed by atoms with van der Waals surface area (Å²) in [7, 11) is 1.86. The van der Waals surface area contributed by atoms with Crippen molar-refractivity contribution in [3.05, 3.63) is 30.1 Å². The van der Waals surface area contributed by atoms with Gasteiger partial charge in [0.2, 0.25) is 5.91 Å². The smallest absolute Gasteiger partial charge is 0.246 e. The maximum atomic E-state index is 12.9. The third-order valence-corrected chi connectivity index (χ3v) is 2.95. The summed E-state index contributed by atoms with van der Waals surface area (Å²) in [6, 6.07) is 6.17. The quantitative estimate of drug-likeness (QED) is 0.467. The minimum absolute atomic E-state index is 0. The summed E-state index contributed by atoms with van der Waals surface area (Å²) in [6.07, 6.45) is 2.23. The van der Waals surface area contributed by atoms with Crippen molar-refractivity contribution < 1.29 is 9.18 Å². The first-order chi connectivity index (χ1) is 9.06. The van der Waals surface area contributed by atoms with Crippen LogP contribution in [0.1, 0.15) is 12.8 Å². The lowest BCUT2D eigenvalue weighted by molar-refractivity contribution is -0.114. The molecule has 0 bridgehead atoms. The number of aliphatic imine (C=N–C) groups is 1. The number of amides is 1. The Morgan fingerprint density at radius 3 is 2.85 bits per heavy atom. The van der Waals surface area contributed by atoms with Crippen molar-refractivity contribution in [3.8, 4) is 0 Å². The molecule has 1 amide bonds. The zero-order chi connectivity index (χ0) is 13.8. The average Bonchev–Trinajstić information content (AvgIpc) is 3.19. The number of nitrogens with one attached hydrogen (secondary N) is 1. The zero-order valence-corrected chi connectivity index (χ0v) is 13.5. The van der Waals surface area contributed by atoms with Gasteiger partial charge < -0.3 is 16.0 Å². The predicted molar refractivity (Wildman–Crippen MR) is 87.7 cm³/mol. The van der Waals surface area contributed by atoms with Gasteiger partial charge in [-0.2, -0.15) is 0 Å². The molecule has 1 aromatic carbocycles. The number of carbonyl (C=O) groups excluding carboxylic acids is 1. The number of anilines is 1. The lowest BCUT2D eigenvalue weighted by atomic mass is 10.3. The molecule has 5 nitrogen and oxygen atoms in total. The Balaban J connectivity index is 0.00000200. The van der Waals surface area contributed by atoms with Crippen molar-refractivity contribution in [1.82, 2.24) is 4.90 Å². The number of hydrogen-bond donors (Lipinski definition) is 2. The van der Waals surface area contributed by atoms with E-state index in [2.05, 4.69) is 10.3 Å². The maximum absolute atomic E-state index is 12.9. The average molecular weight is 392 g/mol. The van der Waals surface area contributed by atoms with Crippen LogP contribution in [0.2, 0.25) is 0 Å². The number of hydrogen-bond acceptors (Lipinski definition) is 2. The molecule has 0 radical (unpaired) electrons. The van der Waals surface area contributed by atoms with Gasteiger partial charge in [-0.25, -0.2) is 9.38 Å². The Kier molecular flexibility index (Phi) is 6.18. The van der Waals surface area contributed by atoms with Crippen molar-refractivity contribution in [1.29, 1.82) is 0 Å². The van der Waals surface area contributed by atoms with Crippen LogP contribution in [0.3, 0.4) is 0 Å². The summed E-state index contributed by atoms with van der Waals surface area (Å²) in [5, 5.41) is 2.56. The molecule has 1 saturated carbocycles. The van der Waals surface area contributed by atoms with E-state index in [1.807, 2.05) is 11.9 Å². The van der Waals surface area contributed by atoms with Crippen LogP contribution in [-0.4, -0.2) is 36.4 Å². The molecule has 0 atom stereocenters. The summed E-state index contributed by atoms with van der Waals surface area (Å²) in [5.74, 6) is -0.357. The molecule has 0 saturated heterocycles. The second-order valence-corrected chi connectivity index (χ2v) is 4.58. The second kappa shape index (κ2) is 7.41. The number of nitrogens with zero attached hydrogens (tertiary/aromatic N) is 2. The molecule has 110 valence electrons. The van der Waals surface area contributed by atoms with Gasteiger partial charge in [-0.05, 0) is 31.0 Å². The first-order valence-electron chi connectivity index (χ1n) is 6.14. The lowest BCUT2D eigenvalue weighted by Gasteiger charge is -2.16. The number of nitrogens with two attached hydrogens (primary N) is 1. The SMILES string of the molecule is CN(C(N)=NCC(=O)Nc1cccc(F)c1)C1CC1.I. The highest BCUT2D eigenvalue weighted by Crippen LogP contribution is 2.24. The van der Waals surface area contributed by atoms with Crippen LogP contribution in [-0.2, 0) is 4.79 Å². The number of benzene rings is 1. The van der Waals surface area contributed by atoms with Gasteiger partial charge in [-0.1, -0.05) is 6.07 Å². The molecule has 3 N–H and O–H groups in total. The van der Waals surface area contributed by atoms with Crippen molar-refractivity contribution in [2.75, 3.05) is 18.9 Å². The van der Waals surface area contributed by atoms with Crippen LogP contribution in [0.15, 0.2) is 29.3 Å². The Labute approximate surface area is 134 Å². The van der Waals surface area contributed by atoms with Crippen LogP contribution in [0.25, 0.3) is 0 Å². The number of halogens is 2. The Hall–Kier alpha value is -1.38. The molecule has 1 fully saturated rings. The number of carbonyl (C=O) groups is 1. The fourth-order valence-electron chi connectivity index (χ4n) is 1.68. The molecule has 1 aliphatic carbocycles. The lowest BCUT2D eigenvalue weighted by Crippen LogP contribution is -2.36. The van der Waals surface area contributed by atoms with E-state index < -0.39 is 5.82 Å². The van der Waals surface area contributed by atoms with Gasteiger partial charge in [-0.3, -0.25) is 4.79 Å². The number of rotatable bonds is 4. The van der Waals surface area contributed by atoms with Crippen molar-refractivity contribution >= 4 is 41.5 Å². The van der Waals surface area contributed by atoms with Gasteiger partial charge in [0, 0.05) is 18.8 Å². The standard InChI is InChI=1S/C13H17FN4O.HI/c1-18(11-5-6-11)13(15)16-8-12(19)17-10-4-2-3-9(14)7-10;/h2-4,7,11H,5-6,8H2,1H3,(H2,15,16)(H,17,19);1H. The molecule has 0 aromatic heterocycles. The van der Waals surface area contributed by atoms with E-state index in [0.29, 0.717) is 17.7 Å². The zero-order valence-electron chi connectivity index (χ0n) is 11.2. The molecule has 1 aromatic rings. The molecular formula is C13H18FIN4O. The Bertz CT molecular complexity index is 505. The fraction of sp³-hybridized carbons (Fsp3) is 0.385. The first-order valence-corrected chi connectivity index (χ1v) is 6.14. The third kappa shape index (κ3) is 4.95. The van der Waals surface area contributed by atoms with Crippen molar-refractivity contribution in [3.63, 3.8) is 0 Å². The molecule has 20 heavy (non-hydrogen) atoms. The van der Waals surface area contributed by atoms with E-state index in [9.17, 15) is 9.18 Å².